The number of amides is 2. The number of hydrogen-bond acceptors (Lipinski definition) is 3. The Hall–Kier alpha value is -3.85. The number of aryl methyl sites for hydroxylation is 1. The monoisotopic (exact) mass is 426 g/mol. The fraction of sp³-hybridized carbons (Fsp3) is 0.269. The lowest BCUT2D eigenvalue weighted by Crippen LogP contribution is -2.35. The Morgan fingerprint density at radius 3 is 2.75 bits per heavy atom. The summed E-state index contributed by atoms with van der Waals surface area (Å²) in [5.74, 6) is 0.0394. The van der Waals surface area contributed by atoms with Crippen molar-refractivity contribution < 1.29 is 9.59 Å². The second-order valence-electron chi connectivity index (χ2n) is 8.29. The molecule has 0 atom stereocenters. The van der Waals surface area contributed by atoms with E-state index < -0.39 is 0 Å². The molecule has 1 aromatic heterocycles. The minimum Gasteiger partial charge on any atom is -0.351 e. The Bertz CT molecular complexity index is 1250. The number of rotatable bonds is 5. The van der Waals surface area contributed by atoms with Crippen LogP contribution in [0.1, 0.15) is 40.0 Å². The minimum atomic E-state index is -0.0608. The molecule has 3 aromatic rings. The van der Waals surface area contributed by atoms with Crippen LogP contribution in [-0.4, -0.2) is 53.8 Å². The maximum atomic E-state index is 12.9. The zero-order valence-electron chi connectivity index (χ0n) is 18.4. The van der Waals surface area contributed by atoms with Crippen molar-refractivity contribution in [2.45, 2.75) is 19.3 Å². The molecule has 0 aliphatic carbocycles. The number of nitrogens with zero attached hydrogens (tertiary/aromatic N) is 3. The summed E-state index contributed by atoms with van der Waals surface area (Å²) < 4.78 is 0. The molecule has 4 rings (SSSR count). The van der Waals surface area contributed by atoms with E-state index in [2.05, 4.69) is 17.1 Å². The highest BCUT2D eigenvalue weighted by Crippen LogP contribution is 2.26. The van der Waals surface area contributed by atoms with Gasteiger partial charge in [-0.3, -0.25) is 9.59 Å². The lowest BCUT2D eigenvalue weighted by molar-refractivity contribution is -0.130. The number of hydrogen-bond donors (Lipinski definition) is 1. The van der Waals surface area contributed by atoms with Crippen molar-refractivity contribution in [3.8, 4) is 6.07 Å². The van der Waals surface area contributed by atoms with E-state index in [1.165, 1.54) is 0 Å². The van der Waals surface area contributed by atoms with Gasteiger partial charge in [0.2, 0.25) is 5.91 Å². The lowest BCUT2D eigenvalue weighted by Gasteiger charge is -2.28. The zero-order valence-corrected chi connectivity index (χ0v) is 18.4. The highest BCUT2D eigenvalue weighted by Gasteiger charge is 2.20. The predicted molar refractivity (Wildman–Crippen MR) is 125 cm³/mol. The number of nitriles is 1. The third kappa shape index (κ3) is 4.42. The van der Waals surface area contributed by atoms with Crippen LogP contribution in [0.3, 0.4) is 0 Å². The van der Waals surface area contributed by atoms with Crippen LogP contribution in [0.5, 0.6) is 0 Å². The van der Waals surface area contributed by atoms with Gasteiger partial charge in [-0.1, -0.05) is 36.4 Å². The third-order valence-electron chi connectivity index (χ3n) is 5.88. The average Bonchev–Trinajstić information content (AvgIpc) is 3.25. The molecule has 0 saturated carbocycles. The summed E-state index contributed by atoms with van der Waals surface area (Å²) in [6, 6.07) is 17.6. The first-order valence-electron chi connectivity index (χ1n) is 10.8. The first-order chi connectivity index (χ1) is 15.5. The summed E-state index contributed by atoms with van der Waals surface area (Å²) in [5.41, 5.74) is 5.18. The zero-order chi connectivity index (χ0) is 22.7. The second kappa shape index (κ2) is 9.11. The largest absolute Gasteiger partial charge is 0.351 e. The molecule has 32 heavy (non-hydrogen) atoms. The van der Waals surface area contributed by atoms with Crippen LogP contribution in [0.15, 0.2) is 54.6 Å². The highest BCUT2D eigenvalue weighted by atomic mass is 16.2. The van der Waals surface area contributed by atoms with Gasteiger partial charge in [0.25, 0.3) is 5.91 Å². The standard InChI is InChI=1S/C26H26N4O2/c1-29(2)26(32)24-15-20-10-9-19(14-23(20)28-24)22-8-5-13-30(17-22)25(31)12-11-18-6-3-4-7-21(18)16-27/h3-4,6-10,14-15,28H,5,11-13,17H2,1-2H3. The maximum Gasteiger partial charge on any atom is 0.269 e. The Morgan fingerprint density at radius 2 is 1.97 bits per heavy atom. The summed E-state index contributed by atoms with van der Waals surface area (Å²) in [4.78, 5) is 31.8. The van der Waals surface area contributed by atoms with Crippen molar-refractivity contribution in [2.24, 2.45) is 0 Å². The molecule has 0 unspecified atom stereocenters. The predicted octanol–water partition coefficient (Wildman–Crippen LogP) is 3.99. The summed E-state index contributed by atoms with van der Waals surface area (Å²) in [6.07, 6.45) is 3.95. The molecule has 0 saturated heterocycles. The van der Waals surface area contributed by atoms with Crippen molar-refractivity contribution in [2.75, 3.05) is 27.2 Å². The summed E-state index contributed by atoms with van der Waals surface area (Å²) >= 11 is 0. The van der Waals surface area contributed by atoms with Crippen LogP contribution < -0.4 is 0 Å². The Labute approximate surface area is 187 Å². The van der Waals surface area contributed by atoms with E-state index in [0.717, 1.165) is 34.0 Å². The normalized spacial score (nSPS) is 13.5. The van der Waals surface area contributed by atoms with Gasteiger partial charge in [0.05, 0.1) is 11.6 Å². The van der Waals surface area contributed by atoms with Gasteiger partial charge in [-0.25, -0.2) is 0 Å². The summed E-state index contributed by atoms with van der Waals surface area (Å²) in [6.45, 7) is 1.27. The smallest absolute Gasteiger partial charge is 0.269 e. The Kier molecular flexibility index (Phi) is 6.09. The molecular weight excluding hydrogens is 400 g/mol. The molecule has 1 aliphatic rings. The van der Waals surface area contributed by atoms with Gasteiger partial charge in [-0.05, 0) is 47.7 Å². The Morgan fingerprint density at radius 1 is 1.16 bits per heavy atom. The molecule has 0 fully saturated rings. The molecule has 1 aliphatic heterocycles. The third-order valence-corrected chi connectivity index (χ3v) is 5.88. The van der Waals surface area contributed by atoms with Crippen molar-refractivity contribution in [3.63, 3.8) is 0 Å². The number of carbonyl (C=O) groups excluding carboxylic acids is 2. The van der Waals surface area contributed by atoms with E-state index in [1.54, 1.807) is 25.1 Å². The van der Waals surface area contributed by atoms with Crippen molar-refractivity contribution >= 4 is 28.3 Å². The van der Waals surface area contributed by atoms with Gasteiger partial charge >= 0.3 is 0 Å². The van der Waals surface area contributed by atoms with Gasteiger partial charge in [0, 0.05) is 44.5 Å². The summed E-state index contributed by atoms with van der Waals surface area (Å²) in [5, 5.41) is 10.2. The van der Waals surface area contributed by atoms with E-state index in [1.807, 2.05) is 47.4 Å². The number of H-pyrrole nitrogens is 1. The van der Waals surface area contributed by atoms with Crippen molar-refractivity contribution in [3.05, 3.63) is 77.0 Å². The molecule has 2 amide bonds. The first kappa shape index (κ1) is 21.4. The summed E-state index contributed by atoms with van der Waals surface area (Å²) in [7, 11) is 3.47. The first-order valence-corrected chi connectivity index (χ1v) is 10.8. The maximum absolute atomic E-state index is 12.9. The molecule has 6 heteroatoms. The molecule has 0 radical (unpaired) electrons. The van der Waals surface area contributed by atoms with Crippen LogP contribution in [0, 0.1) is 11.3 Å². The molecule has 2 heterocycles. The van der Waals surface area contributed by atoms with E-state index in [9.17, 15) is 14.9 Å². The van der Waals surface area contributed by atoms with E-state index >= 15 is 0 Å². The Balaban J connectivity index is 1.46. The number of carbonyl (C=O) groups is 2. The molecule has 0 bridgehead atoms. The number of nitrogens with one attached hydrogen (secondary N) is 1. The highest BCUT2D eigenvalue weighted by molar-refractivity contribution is 5.98. The van der Waals surface area contributed by atoms with Crippen LogP contribution in [0.25, 0.3) is 16.5 Å². The van der Waals surface area contributed by atoms with Crippen molar-refractivity contribution in [1.29, 1.82) is 5.26 Å². The number of aromatic nitrogens is 1. The van der Waals surface area contributed by atoms with Crippen LogP contribution in [-0.2, 0) is 11.2 Å². The van der Waals surface area contributed by atoms with E-state index in [4.69, 9.17) is 0 Å². The van der Waals surface area contributed by atoms with E-state index in [-0.39, 0.29) is 11.8 Å². The molecule has 2 aromatic carbocycles. The number of aromatic amines is 1. The van der Waals surface area contributed by atoms with Gasteiger partial charge < -0.3 is 14.8 Å². The van der Waals surface area contributed by atoms with Crippen LogP contribution >= 0.6 is 0 Å². The minimum absolute atomic E-state index is 0.0608. The second-order valence-corrected chi connectivity index (χ2v) is 8.29. The quantitative estimate of drug-likeness (QED) is 0.670. The molecule has 6 nitrogen and oxygen atoms in total. The molecule has 0 spiro atoms. The molecule has 162 valence electrons. The van der Waals surface area contributed by atoms with Gasteiger partial charge in [-0.2, -0.15) is 5.26 Å². The van der Waals surface area contributed by atoms with Crippen LogP contribution in [0.4, 0.5) is 0 Å². The topological polar surface area (TPSA) is 80.2 Å². The van der Waals surface area contributed by atoms with Gasteiger partial charge in [0.15, 0.2) is 0 Å². The molecule has 1 N–H and O–H groups in total. The lowest BCUT2D eigenvalue weighted by atomic mass is 9.99. The average molecular weight is 427 g/mol. The molecular formula is C26H26N4O2. The van der Waals surface area contributed by atoms with Gasteiger partial charge in [-0.15, -0.1) is 0 Å². The van der Waals surface area contributed by atoms with Crippen molar-refractivity contribution in [1.82, 2.24) is 14.8 Å². The van der Waals surface area contributed by atoms with Gasteiger partial charge in [0.1, 0.15) is 5.69 Å². The fourth-order valence-electron chi connectivity index (χ4n) is 4.10. The fourth-order valence-corrected chi connectivity index (χ4v) is 4.10. The SMILES string of the molecule is CN(C)C(=O)c1cc2ccc(C3=CCCN(C(=O)CCc4ccccc4C#N)C3)cc2[nH]1. The van der Waals surface area contributed by atoms with E-state index in [0.29, 0.717) is 37.2 Å². The number of fused-ring (bicyclic) bond motifs is 1. The van der Waals surface area contributed by atoms with Crippen LogP contribution in [0.2, 0.25) is 0 Å². The number of benzene rings is 2.